The van der Waals surface area contributed by atoms with Crippen molar-refractivity contribution in [1.82, 2.24) is 5.32 Å². The molecule has 0 aliphatic carbocycles. The minimum atomic E-state index is -0.359. The summed E-state index contributed by atoms with van der Waals surface area (Å²) in [5.74, 6) is 0.411. The fourth-order valence-electron chi connectivity index (χ4n) is 2.55. The second kappa shape index (κ2) is 8.58. The van der Waals surface area contributed by atoms with Gasteiger partial charge in [-0.1, -0.05) is 23.2 Å². The molecule has 1 aliphatic rings. The van der Waals surface area contributed by atoms with Gasteiger partial charge in [0.05, 0.1) is 16.7 Å². The van der Waals surface area contributed by atoms with Crippen LogP contribution in [-0.4, -0.2) is 25.9 Å². The average Bonchev–Trinajstić information content (AvgIpc) is 2.62. The van der Waals surface area contributed by atoms with E-state index in [1.54, 1.807) is 12.1 Å². The van der Waals surface area contributed by atoms with Crippen LogP contribution in [0.4, 0.5) is 4.39 Å². The van der Waals surface area contributed by atoms with Crippen LogP contribution in [0.25, 0.3) is 0 Å². The molecule has 1 heterocycles. The minimum Gasteiger partial charge on any atom is -0.484 e. The highest BCUT2D eigenvalue weighted by atomic mass is 35.5. The smallest absolute Gasteiger partial charge is 0.257 e. The number of benzene rings is 2. The molecule has 1 aliphatic heterocycles. The van der Waals surface area contributed by atoms with E-state index < -0.39 is 0 Å². The Balaban J connectivity index is 1.49. The second-order valence-electron chi connectivity index (χ2n) is 5.63. The van der Waals surface area contributed by atoms with Gasteiger partial charge in [0.15, 0.2) is 13.4 Å². The first-order valence-corrected chi connectivity index (χ1v) is 8.65. The Morgan fingerprint density at radius 2 is 2.08 bits per heavy atom. The third-order valence-electron chi connectivity index (χ3n) is 3.73. The van der Waals surface area contributed by atoms with Gasteiger partial charge in [-0.2, -0.15) is 0 Å². The highest BCUT2D eigenvalue weighted by Crippen LogP contribution is 2.29. The molecule has 138 valence electrons. The molecule has 3 rings (SSSR count). The topological polar surface area (TPSA) is 56.8 Å². The van der Waals surface area contributed by atoms with Crippen LogP contribution >= 0.6 is 23.2 Å². The highest BCUT2D eigenvalue weighted by molar-refractivity contribution is 6.42. The van der Waals surface area contributed by atoms with E-state index in [1.165, 1.54) is 18.2 Å². The molecule has 0 unspecified atom stereocenters. The zero-order valence-corrected chi connectivity index (χ0v) is 15.2. The Kier molecular flexibility index (Phi) is 6.19. The number of ether oxygens (including phenoxy) is 3. The number of hydrogen-bond acceptors (Lipinski definition) is 4. The number of halogens is 3. The van der Waals surface area contributed by atoms with Gasteiger partial charge in [0.2, 0.25) is 0 Å². The lowest BCUT2D eigenvalue weighted by Gasteiger charge is -2.21. The molecule has 2 aromatic rings. The van der Waals surface area contributed by atoms with E-state index >= 15 is 0 Å². The van der Waals surface area contributed by atoms with E-state index in [1.807, 2.05) is 0 Å². The van der Waals surface area contributed by atoms with Crippen LogP contribution in [0.3, 0.4) is 0 Å². The third-order valence-corrected chi connectivity index (χ3v) is 4.47. The van der Waals surface area contributed by atoms with Gasteiger partial charge in [0.1, 0.15) is 17.3 Å². The van der Waals surface area contributed by atoms with Crippen molar-refractivity contribution in [2.24, 2.45) is 0 Å². The zero-order chi connectivity index (χ0) is 18.5. The molecule has 2 aromatic carbocycles. The van der Waals surface area contributed by atoms with Crippen molar-refractivity contribution in [3.05, 3.63) is 57.3 Å². The van der Waals surface area contributed by atoms with Gasteiger partial charge in [0, 0.05) is 18.2 Å². The van der Waals surface area contributed by atoms with Crippen molar-refractivity contribution < 1.29 is 23.4 Å². The summed E-state index contributed by atoms with van der Waals surface area (Å²) >= 11 is 11.7. The summed E-state index contributed by atoms with van der Waals surface area (Å²) in [4.78, 5) is 11.9. The molecule has 0 saturated heterocycles. The molecule has 0 bridgehead atoms. The molecule has 0 aromatic heterocycles. The summed E-state index contributed by atoms with van der Waals surface area (Å²) < 4.78 is 29.6. The SMILES string of the molecule is O=C(COc1ccc(Cl)c(Cl)c1)NCCc1cc(F)cc2c1OCOC2. The number of carbonyl (C=O) groups is 1. The second-order valence-corrected chi connectivity index (χ2v) is 6.44. The molecule has 0 saturated carbocycles. The molecular weight excluding hydrogens is 384 g/mol. The van der Waals surface area contributed by atoms with Crippen LogP contribution in [-0.2, 0) is 22.6 Å². The van der Waals surface area contributed by atoms with Gasteiger partial charge in [-0.3, -0.25) is 4.79 Å². The lowest BCUT2D eigenvalue weighted by molar-refractivity contribution is -0.123. The number of carbonyl (C=O) groups excluding carboxylic acids is 1. The molecule has 0 atom stereocenters. The number of fused-ring (bicyclic) bond motifs is 1. The van der Waals surface area contributed by atoms with Crippen LogP contribution in [0.5, 0.6) is 11.5 Å². The predicted molar refractivity (Wildman–Crippen MR) is 95.4 cm³/mol. The standard InChI is InChI=1S/C18H16Cl2FNO4/c19-15-2-1-14(7-16(15)20)25-9-17(23)22-4-3-11-5-13(21)6-12-8-24-10-26-18(11)12/h1-2,5-7H,3-4,8-10H2,(H,22,23). The summed E-state index contributed by atoms with van der Waals surface area (Å²) in [7, 11) is 0. The van der Waals surface area contributed by atoms with Crippen LogP contribution in [0, 0.1) is 5.82 Å². The maximum atomic E-state index is 13.7. The van der Waals surface area contributed by atoms with E-state index in [4.69, 9.17) is 37.4 Å². The van der Waals surface area contributed by atoms with Crippen LogP contribution in [0.15, 0.2) is 30.3 Å². The molecule has 0 spiro atoms. The Morgan fingerprint density at radius 3 is 2.88 bits per heavy atom. The Bertz CT molecular complexity index is 816. The average molecular weight is 400 g/mol. The fourth-order valence-corrected chi connectivity index (χ4v) is 2.83. The molecule has 0 fully saturated rings. The first kappa shape index (κ1) is 18.8. The first-order chi connectivity index (χ1) is 12.5. The zero-order valence-electron chi connectivity index (χ0n) is 13.7. The van der Waals surface area contributed by atoms with Gasteiger partial charge < -0.3 is 19.5 Å². The van der Waals surface area contributed by atoms with Crippen molar-refractivity contribution in [2.45, 2.75) is 13.0 Å². The molecule has 1 amide bonds. The van der Waals surface area contributed by atoms with Gasteiger partial charge in [0.25, 0.3) is 5.91 Å². The minimum absolute atomic E-state index is 0.134. The molecule has 8 heteroatoms. The molecule has 1 N–H and O–H groups in total. The third kappa shape index (κ3) is 4.78. The van der Waals surface area contributed by atoms with Gasteiger partial charge in [-0.05, 0) is 36.2 Å². The molecule has 5 nitrogen and oxygen atoms in total. The van der Waals surface area contributed by atoms with Crippen molar-refractivity contribution in [3.8, 4) is 11.5 Å². The first-order valence-electron chi connectivity index (χ1n) is 7.89. The van der Waals surface area contributed by atoms with E-state index in [0.717, 1.165) is 0 Å². The number of hydrogen-bond donors (Lipinski definition) is 1. The van der Waals surface area contributed by atoms with Crippen molar-refractivity contribution in [3.63, 3.8) is 0 Å². The lowest BCUT2D eigenvalue weighted by atomic mass is 10.1. The van der Waals surface area contributed by atoms with E-state index in [0.29, 0.717) is 52.2 Å². The Morgan fingerprint density at radius 1 is 1.23 bits per heavy atom. The normalized spacial score (nSPS) is 12.9. The largest absolute Gasteiger partial charge is 0.484 e. The monoisotopic (exact) mass is 399 g/mol. The summed E-state index contributed by atoms with van der Waals surface area (Å²) in [5.41, 5.74) is 1.36. The quantitative estimate of drug-likeness (QED) is 0.803. The Hall–Kier alpha value is -2.02. The van der Waals surface area contributed by atoms with Crippen LogP contribution < -0.4 is 14.8 Å². The van der Waals surface area contributed by atoms with Crippen molar-refractivity contribution >= 4 is 29.1 Å². The van der Waals surface area contributed by atoms with Crippen molar-refractivity contribution in [2.75, 3.05) is 19.9 Å². The van der Waals surface area contributed by atoms with Crippen LogP contribution in [0.1, 0.15) is 11.1 Å². The molecular formula is C18H16Cl2FNO4. The summed E-state index contributed by atoms with van der Waals surface area (Å²) in [6, 6.07) is 7.55. The Labute approximate surface area is 159 Å². The number of amides is 1. The lowest BCUT2D eigenvalue weighted by Crippen LogP contribution is -2.30. The highest BCUT2D eigenvalue weighted by Gasteiger charge is 2.17. The van der Waals surface area contributed by atoms with E-state index in [-0.39, 0.29) is 25.1 Å². The molecule has 0 radical (unpaired) electrons. The number of nitrogens with one attached hydrogen (secondary N) is 1. The summed E-state index contributed by atoms with van der Waals surface area (Å²) in [6.07, 6.45) is 0.429. The van der Waals surface area contributed by atoms with Gasteiger partial charge >= 0.3 is 0 Å². The summed E-state index contributed by atoms with van der Waals surface area (Å²) in [6.45, 7) is 0.604. The van der Waals surface area contributed by atoms with Crippen molar-refractivity contribution in [1.29, 1.82) is 0 Å². The number of rotatable bonds is 6. The van der Waals surface area contributed by atoms with E-state index in [9.17, 15) is 9.18 Å². The maximum absolute atomic E-state index is 13.7. The fraction of sp³-hybridized carbons (Fsp3) is 0.278. The maximum Gasteiger partial charge on any atom is 0.257 e. The van der Waals surface area contributed by atoms with Gasteiger partial charge in [-0.15, -0.1) is 0 Å². The molecule has 26 heavy (non-hydrogen) atoms. The van der Waals surface area contributed by atoms with Gasteiger partial charge in [-0.25, -0.2) is 4.39 Å². The predicted octanol–water partition coefficient (Wildman–Crippen LogP) is 3.74. The van der Waals surface area contributed by atoms with E-state index in [2.05, 4.69) is 5.32 Å². The van der Waals surface area contributed by atoms with Crippen LogP contribution in [0.2, 0.25) is 10.0 Å². The summed E-state index contributed by atoms with van der Waals surface area (Å²) in [5, 5.41) is 3.48.